The molecule has 0 spiro atoms. The molecule has 0 unspecified atom stereocenters. The van der Waals surface area contributed by atoms with E-state index in [4.69, 9.17) is 0 Å². The molecule has 0 aromatic carbocycles. The van der Waals surface area contributed by atoms with Gasteiger partial charge in [0.15, 0.2) is 0 Å². The minimum atomic E-state index is -0.913. The van der Waals surface area contributed by atoms with Crippen LogP contribution in [0.3, 0.4) is 0 Å². The van der Waals surface area contributed by atoms with E-state index in [1.807, 2.05) is 0 Å². The highest BCUT2D eigenvalue weighted by Gasteiger charge is 2.49. The Morgan fingerprint density at radius 1 is 1.65 bits per heavy atom. The van der Waals surface area contributed by atoms with Crippen LogP contribution in [0.2, 0.25) is 0 Å². The van der Waals surface area contributed by atoms with E-state index in [0.717, 1.165) is 5.69 Å². The van der Waals surface area contributed by atoms with Crippen LogP contribution in [-0.4, -0.2) is 39.8 Å². The van der Waals surface area contributed by atoms with Gasteiger partial charge in [-0.25, -0.2) is 0 Å². The van der Waals surface area contributed by atoms with Crippen molar-refractivity contribution >= 4 is 21.8 Å². The minimum Gasteiger partial charge on any atom is -0.384 e. The molecule has 5 nitrogen and oxygen atoms in total. The van der Waals surface area contributed by atoms with Gasteiger partial charge in [0.05, 0.1) is 5.69 Å². The number of hydrogen-bond donors (Lipinski definition) is 1. The number of hydrogen-bond acceptors (Lipinski definition) is 3. The molecule has 1 saturated carbocycles. The van der Waals surface area contributed by atoms with E-state index in [-0.39, 0.29) is 11.8 Å². The van der Waals surface area contributed by atoms with Gasteiger partial charge in [0.1, 0.15) is 10.2 Å². The molecule has 0 radical (unpaired) electrons. The molecular weight excluding hydrogens is 286 g/mol. The molecule has 17 heavy (non-hydrogen) atoms. The van der Waals surface area contributed by atoms with E-state index in [1.54, 1.807) is 36.8 Å². The molecule has 0 bridgehead atoms. The maximum absolute atomic E-state index is 11.7. The third kappa shape index (κ3) is 2.11. The lowest BCUT2D eigenvalue weighted by Gasteiger charge is -2.43. The largest absolute Gasteiger partial charge is 0.384 e. The van der Waals surface area contributed by atoms with Gasteiger partial charge in [0, 0.05) is 27.1 Å². The van der Waals surface area contributed by atoms with Gasteiger partial charge in [0.25, 0.3) is 0 Å². The van der Waals surface area contributed by atoms with Gasteiger partial charge in [-0.1, -0.05) is 0 Å². The Morgan fingerprint density at radius 2 is 2.24 bits per heavy atom. The van der Waals surface area contributed by atoms with Crippen molar-refractivity contribution in [2.45, 2.75) is 18.4 Å². The third-order valence-electron chi connectivity index (χ3n) is 3.28. The maximum Gasteiger partial charge on any atom is 0.225 e. The normalized spacial score (nSPS) is 27.7. The maximum atomic E-state index is 11.7. The van der Waals surface area contributed by atoms with Gasteiger partial charge >= 0.3 is 0 Å². The van der Waals surface area contributed by atoms with Crippen LogP contribution in [0.1, 0.15) is 18.5 Å². The predicted octanol–water partition coefficient (Wildman–Crippen LogP) is 0.868. The van der Waals surface area contributed by atoms with Crippen molar-refractivity contribution in [1.82, 2.24) is 14.7 Å². The Morgan fingerprint density at radius 3 is 2.65 bits per heavy atom. The lowest BCUT2D eigenvalue weighted by atomic mass is 9.68. The lowest BCUT2D eigenvalue weighted by Crippen LogP contribution is -2.48. The molecule has 1 amide bonds. The molecule has 2 rings (SSSR count). The second kappa shape index (κ2) is 4.10. The summed E-state index contributed by atoms with van der Waals surface area (Å²) in [5.74, 6) is -0.000385. The average molecular weight is 302 g/mol. The molecule has 1 aliphatic carbocycles. The summed E-state index contributed by atoms with van der Waals surface area (Å²) in [5.41, 5.74) is -0.156. The zero-order valence-corrected chi connectivity index (χ0v) is 11.7. The highest BCUT2D eigenvalue weighted by atomic mass is 79.9. The van der Waals surface area contributed by atoms with E-state index < -0.39 is 5.60 Å². The Balaban J connectivity index is 2.11. The molecular formula is C11H16BrN3O2. The average Bonchev–Trinajstić information content (AvgIpc) is 2.52. The van der Waals surface area contributed by atoms with Crippen LogP contribution < -0.4 is 0 Å². The highest BCUT2D eigenvalue weighted by molar-refractivity contribution is 9.10. The Labute approximate surface area is 109 Å². The first-order valence-electron chi connectivity index (χ1n) is 5.47. The first-order chi connectivity index (χ1) is 7.83. The van der Waals surface area contributed by atoms with E-state index in [2.05, 4.69) is 21.0 Å². The van der Waals surface area contributed by atoms with E-state index in [9.17, 15) is 9.90 Å². The van der Waals surface area contributed by atoms with Gasteiger partial charge < -0.3 is 10.0 Å². The fourth-order valence-corrected chi connectivity index (χ4v) is 2.83. The number of nitrogens with zero attached hydrogens (tertiary/aromatic N) is 3. The number of amides is 1. The molecule has 1 aliphatic rings. The van der Waals surface area contributed by atoms with E-state index >= 15 is 0 Å². The monoisotopic (exact) mass is 301 g/mol. The number of carbonyl (C=O) groups excluding carboxylic acids is 1. The van der Waals surface area contributed by atoms with Crippen molar-refractivity contribution in [3.63, 3.8) is 0 Å². The summed E-state index contributed by atoms with van der Waals surface area (Å²) in [6.07, 6.45) is 0.936. The molecule has 1 aromatic rings. The van der Waals surface area contributed by atoms with Gasteiger partial charge in [-0.2, -0.15) is 5.10 Å². The van der Waals surface area contributed by atoms with Crippen molar-refractivity contribution in [2.24, 2.45) is 13.0 Å². The van der Waals surface area contributed by atoms with Crippen molar-refractivity contribution < 1.29 is 9.90 Å². The second-order valence-corrected chi connectivity index (χ2v) is 5.66. The quantitative estimate of drug-likeness (QED) is 0.882. The summed E-state index contributed by atoms with van der Waals surface area (Å²) < 4.78 is 2.35. The molecule has 1 N–H and O–H groups in total. The van der Waals surface area contributed by atoms with Gasteiger partial charge in [0.2, 0.25) is 5.91 Å². The summed E-state index contributed by atoms with van der Waals surface area (Å²) in [4.78, 5) is 13.3. The number of rotatable bonds is 2. The van der Waals surface area contributed by atoms with E-state index in [0.29, 0.717) is 17.4 Å². The minimum absolute atomic E-state index is 0.0795. The third-order valence-corrected chi connectivity index (χ3v) is 3.67. The van der Waals surface area contributed by atoms with Crippen LogP contribution in [0.15, 0.2) is 10.7 Å². The Kier molecular flexibility index (Phi) is 3.03. The number of carbonyl (C=O) groups is 1. The van der Waals surface area contributed by atoms with Crippen LogP contribution >= 0.6 is 15.9 Å². The number of aliphatic hydroxyl groups is 1. The van der Waals surface area contributed by atoms with Gasteiger partial charge in [-0.05, 0) is 34.8 Å². The molecule has 0 atom stereocenters. The number of aromatic nitrogens is 2. The molecule has 0 saturated heterocycles. The zero-order chi connectivity index (χ0) is 12.8. The summed E-state index contributed by atoms with van der Waals surface area (Å²) >= 11 is 3.28. The molecule has 1 heterocycles. The van der Waals surface area contributed by atoms with Crippen molar-refractivity contribution in [3.05, 3.63) is 16.4 Å². The second-order valence-electron chi connectivity index (χ2n) is 4.85. The first kappa shape index (κ1) is 12.6. The Bertz CT molecular complexity index is 450. The summed E-state index contributed by atoms with van der Waals surface area (Å²) in [5, 5.41) is 14.6. The number of halogens is 1. The van der Waals surface area contributed by atoms with Crippen molar-refractivity contribution in [3.8, 4) is 0 Å². The molecule has 6 heteroatoms. The number of aryl methyl sites for hydroxylation is 1. The fraction of sp³-hybridized carbons (Fsp3) is 0.636. The van der Waals surface area contributed by atoms with Crippen LogP contribution in [0.25, 0.3) is 0 Å². The van der Waals surface area contributed by atoms with Crippen LogP contribution in [-0.2, 0) is 17.4 Å². The summed E-state index contributed by atoms with van der Waals surface area (Å²) in [6, 6.07) is 1.80. The lowest BCUT2D eigenvalue weighted by molar-refractivity contribution is -0.151. The Hall–Kier alpha value is -0.880. The van der Waals surface area contributed by atoms with Crippen LogP contribution in [0.4, 0.5) is 0 Å². The highest BCUT2D eigenvalue weighted by Crippen LogP contribution is 2.46. The zero-order valence-electron chi connectivity index (χ0n) is 10.1. The molecule has 1 fully saturated rings. The first-order valence-corrected chi connectivity index (χ1v) is 6.26. The van der Waals surface area contributed by atoms with Crippen molar-refractivity contribution in [1.29, 1.82) is 0 Å². The van der Waals surface area contributed by atoms with Crippen molar-refractivity contribution in [2.75, 3.05) is 14.1 Å². The molecule has 1 aromatic heterocycles. The fourth-order valence-electron chi connectivity index (χ4n) is 2.37. The molecule has 0 aliphatic heterocycles. The van der Waals surface area contributed by atoms with Gasteiger partial charge in [-0.3, -0.25) is 9.48 Å². The summed E-state index contributed by atoms with van der Waals surface area (Å²) in [7, 11) is 5.26. The van der Waals surface area contributed by atoms with Crippen LogP contribution in [0, 0.1) is 5.92 Å². The van der Waals surface area contributed by atoms with Crippen LogP contribution in [0.5, 0.6) is 0 Å². The standard InChI is InChI=1S/C11H16BrN3O2/c1-14(2)10(16)7-5-11(17,6-7)8-4-9(12)13-15(8)3/h4,7,17H,5-6H2,1-3H3. The SMILES string of the molecule is CN(C)C(=O)C1CC(O)(c2cc(Br)nn2C)C1. The molecule has 94 valence electrons. The smallest absolute Gasteiger partial charge is 0.225 e. The topological polar surface area (TPSA) is 58.4 Å². The van der Waals surface area contributed by atoms with E-state index in [1.165, 1.54) is 0 Å². The van der Waals surface area contributed by atoms with Gasteiger partial charge in [-0.15, -0.1) is 0 Å². The predicted molar refractivity (Wildman–Crippen MR) is 66.2 cm³/mol. The summed E-state index contributed by atoms with van der Waals surface area (Å²) in [6.45, 7) is 0.